The Bertz CT molecular complexity index is 417. The van der Waals surface area contributed by atoms with Gasteiger partial charge in [0.15, 0.2) is 5.82 Å². The van der Waals surface area contributed by atoms with Gasteiger partial charge >= 0.3 is 6.18 Å². The van der Waals surface area contributed by atoms with Gasteiger partial charge in [-0.3, -0.25) is 0 Å². The van der Waals surface area contributed by atoms with Gasteiger partial charge in [0, 0.05) is 18.9 Å². The highest BCUT2D eigenvalue weighted by atomic mass is 19.4. The molecule has 0 spiro atoms. The van der Waals surface area contributed by atoms with E-state index in [0.717, 1.165) is 19.4 Å². The summed E-state index contributed by atoms with van der Waals surface area (Å²) < 4.78 is 45.2. The molecule has 0 aromatic carbocycles. The minimum atomic E-state index is -4.30. The zero-order valence-corrected chi connectivity index (χ0v) is 11.8. The van der Waals surface area contributed by atoms with E-state index in [1.807, 2.05) is 0 Å². The van der Waals surface area contributed by atoms with Crippen LogP contribution in [0.3, 0.4) is 0 Å². The minimum absolute atomic E-state index is 0.0668. The van der Waals surface area contributed by atoms with E-state index in [9.17, 15) is 13.2 Å². The molecule has 2 heterocycles. The standard InChI is InChI=1S/C13H20F3N3O2/c14-13(15,16)9-20-8-6-11-18-12(21-19-11)5-4-10-3-1-2-7-17-10/h10,17H,1-9H2. The van der Waals surface area contributed by atoms with Gasteiger partial charge in [0.25, 0.3) is 0 Å². The highest BCUT2D eigenvalue weighted by Crippen LogP contribution is 2.15. The van der Waals surface area contributed by atoms with Crippen molar-refractivity contribution in [1.29, 1.82) is 0 Å². The second-order valence-corrected chi connectivity index (χ2v) is 5.21. The Morgan fingerprint density at radius 3 is 2.86 bits per heavy atom. The number of aromatic nitrogens is 2. The van der Waals surface area contributed by atoms with Crippen LogP contribution in [0.25, 0.3) is 0 Å². The normalized spacial score (nSPS) is 19.9. The van der Waals surface area contributed by atoms with Crippen molar-refractivity contribution >= 4 is 0 Å². The predicted molar refractivity (Wildman–Crippen MR) is 68.8 cm³/mol. The SMILES string of the molecule is FC(F)(F)COCCc1noc(CCC2CCCCN2)n1. The molecule has 0 radical (unpaired) electrons. The predicted octanol–water partition coefficient (Wildman–Crippen LogP) is 2.27. The molecule has 1 aromatic heterocycles. The van der Waals surface area contributed by atoms with Crippen LogP contribution in [0.5, 0.6) is 0 Å². The monoisotopic (exact) mass is 307 g/mol. The van der Waals surface area contributed by atoms with Gasteiger partial charge in [0.05, 0.1) is 6.61 Å². The van der Waals surface area contributed by atoms with E-state index in [2.05, 4.69) is 20.2 Å². The number of hydrogen-bond acceptors (Lipinski definition) is 5. The first-order chi connectivity index (χ1) is 10.0. The highest BCUT2D eigenvalue weighted by Gasteiger charge is 2.27. The van der Waals surface area contributed by atoms with Crippen LogP contribution in [0.15, 0.2) is 4.52 Å². The number of ether oxygens (including phenoxy) is 1. The van der Waals surface area contributed by atoms with Gasteiger partial charge < -0.3 is 14.6 Å². The fourth-order valence-corrected chi connectivity index (χ4v) is 2.31. The molecule has 5 nitrogen and oxygen atoms in total. The molecule has 21 heavy (non-hydrogen) atoms. The fraction of sp³-hybridized carbons (Fsp3) is 0.846. The molecular weight excluding hydrogens is 287 g/mol. The van der Waals surface area contributed by atoms with Crippen LogP contribution in [0.4, 0.5) is 13.2 Å². The van der Waals surface area contributed by atoms with E-state index in [0.29, 0.717) is 24.2 Å². The smallest absolute Gasteiger partial charge is 0.372 e. The summed E-state index contributed by atoms with van der Waals surface area (Å²) in [7, 11) is 0. The van der Waals surface area contributed by atoms with Crippen molar-refractivity contribution in [3.63, 3.8) is 0 Å². The van der Waals surface area contributed by atoms with E-state index in [4.69, 9.17) is 4.52 Å². The first-order valence-electron chi connectivity index (χ1n) is 7.22. The first-order valence-corrected chi connectivity index (χ1v) is 7.22. The molecule has 1 unspecified atom stereocenters. The molecule has 0 bridgehead atoms. The topological polar surface area (TPSA) is 60.2 Å². The number of halogens is 3. The zero-order chi connectivity index (χ0) is 15.1. The van der Waals surface area contributed by atoms with Crippen molar-refractivity contribution in [3.8, 4) is 0 Å². The maximum absolute atomic E-state index is 11.9. The van der Waals surface area contributed by atoms with Crippen molar-refractivity contribution in [2.45, 2.75) is 50.7 Å². The Hall–Kier alpha value is -1.15. The summed E-state index contributed by atoms with van der Waals surface area (Å²) in [6.45, 7) is -0.260. The molecule has 1 aromatic rings. The van der Waals surface area contributed by atoms with Crippen LogP contribution in [0.2, 0.25) is 0 Å². The molecule has 1 saturated heterocycles. The number of nitrogens with one attached hydrogen (secondary N) is 1. The molecule has 0 saturated carbocycles. The molecule has 0 amide bonds. The second kappa shape index (κ2) is 7.74. The molecule has 120 valence electrons. The Kier molecular flexibility index (Phi) is 5.98. The summed E-state index contributed by atoms with van der Waals surface area (Å²) in [6.07, 6.45) is 1.17. The average Bonchev–Trinajstić information content (AvgIpc) is 2.89. The van der Waals surface area contributed by atoms with Gasteiger partial charge in [-0.15, -0.1) is 0 Å². The van der Waals surface area contributed by atoms with Gasteiger partial charge in [-0.1, -0.05) is 11.6 Å². The van der Waals surface area contributed by atoms with Crippen molar-refractivity contribution in [2.75, 3.05) is 19.8 Å². The van der Waals surface area contributed by atoms with Crippen LogP contribution >= 0.6 is 0 Å². The van der Waals surface area contributed by atoms with Crippen LogP contribution in [-0.2, 0) is 17.6 Å². The minimum Gasteiger partial charge on any atom is -0.372 e. The lowest BCUT2D eigenvalue weighted by molar-refractivity contribution is -0.173. The molecular formula is C13H20F3N3O2. The third kappa shape index (κ3) is 6.43. The number of alkyl halides is 3. The summed E-state index contributed by atoms with van der Waals surface area (Å²) in [6, 6.07) is 0.490. The van der Waals surface area contributed by atoms with Crippen LogP contribution in [0.1, 0.15) is 37.4 Å². The maximum atomic E-state index is 11.9. The van der Waals surface area contributed by atoms with Crippen molar-refractivity contribution in [2.24, 2.45) is 0 Å². The van der Waals surface area contributed by atoms with Crippen molar-refractivity contribution < 1.29 is 22.4 Å². The Balaban J connectivity index is 1.64. The first kappa shape index (κ1) is 16.2. The summed E-state index contributed by atoms with van der Waals surface area (Å²) in [5.74, 6) is 0.928. The lowest BCUT2D eigenvalue weighted by Gasteiger charge is -2.22. The molecule has 1 aliphatic heterocycles. The number of piperidine rings is 1. The Morgan fingerprint density at radius 1 is 1.29 bits per heavy atom. The summed E-state index contributed by atoms with van der Waals surface area (Å²) in [4.78, 5) is 4.16. The van der Waals surface area contributed by atoms with Crippen LogP contribution in [0, 0.1) is 0 Å². The van der Waals surface area contributed by atoms with Gasteiger partial charge in [0.1, 0.15) is 6.61 Å². The lowest BCUT2D eigenvalue weighted by Crippen LogP contribution is -2.34. The van der Waals surface area contributed by atoms with Gasteiger partial charge in [-0.05, 0) is 25.8 Å². The van der Waals surface area contributed by atoms with E-state index in [1.165, 1.54) is 12.8 Å². The number of hydrogen-bond donors (Lipinski definition) is 1. The highest BCUT2D eigenvalue weighted by molar-refractivity contribution is 4.88. The Labute approximate surface area is 121 Å². The largest absolute Gasteiger partial charge is 0.411 e. The number of rotatable bonds is 7. The zero-order valence-electron chi connectivity index (χ0n) is 11.8. The van der Waals surface area contributed by atoms with E-state index in [1.54, 1.807) is 0 Å². The van der Waals surface area contributed by atoms with Crippen molar-refractivity contribution in [1.82, 2.24) is 15.5 Å². The second-order valence-electron chi connectivity index (χ2n) is 5.21. The summed E-state index contributed by atoms with van der Waals surface area (Å²) in [5, 5.41) is 7.18. The average molecular weight is 307 g/mol. The van der Waals surface area contributed by atoms with E-state index >= 15 is 0 Å². The Morgan fingerprint density at radius 2 is 2.14 bits per heavy atom. The number of aryl methyl sites for hydroxylation is 1. The molecule has 0 aliphatic carbocycles. The van der Waals surface area contributed by atoms with Gasteiger partial charge in [-0.25, -0.2) is 0 Å². The summed E-state index contributed by atoms with van der Waals surface area (Å²) in [5.41, 5.74) is 0. The van der Waals surface area contributed by atoms with Crippen molar-refractivity contribution in [3.05, 3.63) is 11.7 Å². The molecule has 1 fully saturated rings. The third-order valence-corrected chi connectivity index (χ3v) is 3.36. The number of nitrogens with zero attached hydrogens (tertiary/aromatic N) is 2. The van der Waals surface area contributed by atoms with E-state index < -0.39 is 12.8 Å². The molecule has 8 heteroatoms. The van der Waals surface area contributed by atoms with Gasteiger partial charge in [-0.2, -0.15) is 18.2 Å². The fourth-order valence-electron chi connectivity index (χ4n) is 2.31. The third-order valence-electron chi connectivity index (χ3n) is 3.36. The van der Waals surface area contributed by atoms with Gasteiger partial charge in [0.2, 0.25) is 5.89 Å². The molecule has 2 rings (SSSR count). The van der Waals surface area contributed by atoms with Crippen LogP contribution < -0.4 is 5.32 Å². The van der Waals surface area contributed by atoms with E-state index in [-0.39, 0.29) is 13.0 Å². The molecule has 1 N–H and O–H groups in total. The maximum Gasteiger partial charge on any atom is 0.411 e. The molecule has 1 atom stereocenters. The lowest BCUT2D eigenvalue weighted by atomic mass is 10.0. The molecule has 1 aliphatic rings. The quantitative estimate of drug-likeness (QED) is 0.783. The summed E-state index contributed by atoms with van der Waals surface area (Å²) >= 11 is 0. The van der Waals surface area contributed by atoms with Crippen LogP contribution in [-0.4, -0.2) is 42.1 Å².